The van der Waals surface area contributed by atoms with E-state index in [0.717, 1.165) is 32.1 Å². The van der Waals surface area contributed by atoms with Crippen LogP contribution in [0.3, 0.4) is 0 Å². The standard InChI is InChI=1S/C15H28O3/c1-4-11(2)13(16)18-14(3)8-12-6-5-7-15(17,9-12)10-14/h11-13,16-17H,4-10H2,1-3H3. The average Bonchev–Trinajstić information content (AvgIpc) is 2.25. The van der Waals surface area contributed by atoms with Crippen LogP contribution in [0.4, 0.5) is 0 Å². The SMILES string of the molecule is CCC(C)C(O)OC1(C)CC2CCCC(O)(C2)C1. The first-order valence-electron chi connectivity index (χ1n) is 7.44. The maximum Gasteiger partial charge on any atom is 0.157 e. The highest BCUT2D eigenvalue weighted by molar-refractivity contribution is 5.00. The lowest BCUT2D eigenvalue weighted by molar-refractivity contribution is -0.241. The van der Waals surface area contributed by atoms with Crippen LogP contribution < -0.4 is 0 Å². The van der Waals surface area contributed by atoms with E-state index in [1.165, 1.54) is 6.42 Å². The fourth-order valence-electron chi connectivity index (χ4n) is 3.87. The highest BCUT2D eigenvalue weighted by atomic mass is 16.6. The highest BCUT2D eigenvalue weighted by Gasteiger charge is 2.48. The molecular formula is C15H28O3. The van der Waals surface area contributed by atoms with Gasteiger partial charge in [-0.3, -0.25) is 0 Å². The number of aliphatic hydroxyl groups is 2. The average molecular weight is 256 g/mol. The smallest absolute Gasteiger partial charge is 0.157 e. The third-order valence-corrected chi connectivity index (χ3v) is 4.88. The molecular weight excluding hydrogens is 228 g/mol. The number of ether oxygens (including phenoxy) is 1. The predicted molar refractivity (Wildman–Crippen MR) is 71.1 cm³/mol. The lowest BCUT2D eigenvalue weighted by Gasteiger charge is -2.50. The van der Waals surface area contributed by atoms with Gasteiger partial charge in [0.1, 0.15) is 0 Å². The summed E-state index contributed by atoms with van der Waals surface area (Å²) in [5, 5.41) is 20.7. The molecule has 0 aromatic carbocycles. The van der Waals surface area contributed by atoms with E-state index in [4.69, 9.17) is 4.74 Å². The number of fused-ring (bicyclic) bond motifs is 2. The Labute approximate surface area is 111 Å². The number of hydrogen-bond acceptors (Lipinski definition) is 3. The van der Waals surface area contributed by atoms with Crippen molar-refractivity contribution < 1.29 is 14.9 Å². The fourth-order valence-corrected chi connectivity index (χ4v) is 3.87. The van der Waals surface area contributed by atoms with Crippen molar-refractivity contribution in [3.05, 3.63) is 0 Å². The summed E-state index contributed by atoms with van der Waals surface area (Å²) in [7, 11) is 0. The van der Waals surface area contributed by atoms with Crippen molar-refractivity contribution in [2.24, 2.45) is 11.8 Å². The van der Waals surface area contributed by atoms with Crippen molar-refractivity contribution in [2.75, 3.05) is 0 Å². The van der Waals surface area contributed by atoms with Crippen molar-refractivity contribution in [2.45, 2.75) is 83.2 Å². The Kier molecular flexibility index (Phi) is 4.05. The first kappa shape index (κ1) is 14.3. The molecule has 2 fully saturated rings. The predicted octanol–water partition coefficient (Wildman–Crippen LogP) is 2.84. The Morgan fingerprint density at radius 1 is 1.39 bits per heavy atom. The topological polar surface area (TPSA) is 49.7 Å². The maximum atomic E-state index is 10.6. The molecule has 5 unspecified atom stereocenters. The van der Waals surface area contributed by atoms with E-state index in [9.17, 15) is 10.2 Å². The molecule has 3 heteroatoms. The van der Waals surface area contributed by atoms with E-state index in [0.29, 0.717) is 12.3 Å². The molecule has 5 atom stereocenters. The molecule has 0 spiro atoms. The first-order valence-corrected chi connectivity index (χ1v) is 7.44. The van der Waals surface area contributed by atoms with Crippen molar-refractivity contribution in [3.8, 4) is 0 Å². The van der Waals surface area contributed by atoms with E-state index in [-0.39, 0.29) is 11.5 Å². The molecule has 2 N–H and O–H groups in total. The van der Waals surface area contributed by atoms with Crippen molar-refractivity contribution in [1.82, 2.24) is 0 Å². The van der Waals surface area contributed by atoms with Gasteiger partial charge in [-0.15, -0.1) is 0 Å². The molecule has 0 radical (unpaired) electrons. The second-order valence-corrected chi connectivity index (χ2v) is 6.91. The van der Waals surface area contributed by atoms with Crippen LogP contribution in [0.25, 0.3) is 0 Å². The van der Waals surface area contributed by atoms with E-state index < -0.39 is 11.9 Å². The first-order chi connectivity index (χ1) is 8.36. The summed E-state index contributed by atoms with van der Waals surface area (Å²) in [6.45, 7) is 6.12. The molecule has 2 bridgehead atoms. The lowest BCUT2D eigenvalue weighted by Crippen LogP contribution is -2.52. The van der Waals surface area contributed by atoms with Crippen LogP contribution in [-0.2, 0) is 4.74 Å². The third kappa shape index (κ3) is 3.06. The maximum absolute atomic E-state index is 10.6. The summed E-state index contributed by atoms with van der Waals surface area (Å²) in [6, 6.07) is 0. The van der Waals surface area contributed by atoms with Crippen molar-refractivity contribution in [1.29, 1.82) is 0 Å². The van der Waals surface area contributed by atoms with Gasteiger partial charge in [-0.05, 0) is 38.5 Å². The van der Waals surface area contributed by atoms with Gasteiger partial charge in [-0.1, -0.05) is 26.7 Å². The van der Waals surface area contributed by atoms with Crippen LogP contribution in [0.15, 0.2) is 0 Å². The molecule has 106 valence electrons. The van der Waals surface area contributed by atoms with Gasteiger partial charge in [0.05, 0.1) is 11.2 Å². The second kappa shape index (κ2) is 5.10. The minimum Gasteiger partial charge on any atom is -0.390 e. The number of aliphatic hydroxyl groups excluding tert-OH is 1. The van der Waals surface area contributed by atoms with E-state index in [2.05, 4.69) is 13.8 Å². The van der Waals surface area contributed by atoms with Gasteiger partial charge in [-0.2, -0.15) is 0 Å². The summed E-state index contributed by atoms with van der Waals surface area (Å²) in [5.41, 5.74) is -0.911. The van der Waals surface area contributed by atoms with Crippen LogP contribution in [0.2, 0.25) is 0 Å². The molecule has 0 amide bonds. The molecule has 2 aliphatic rings. The number of hydrogen-bond donors (Lipinski definition) is 2. The molecule has 0 aliphatic heterocycles. The fraction of sp³-hybridized carbons (Fsp3) is 1.00. The normalized spacial score (nSPS) is 43.5. The number of rotatable bonds is 4. The second-order valence-electron chi connectivity index (χ2n) is 6.91. The van der Waals surface area contributed by atoms with Crippen LogP contribution in [0.1, 0.15) is 65.7 Å². The molecule has 18 heavy (non-hydrogen) atoms. The van der Waals surface area contributed by atoms with E-state index in [1.54, 1.807) is 0 Å². The van der Waals surface area contributed by atoms with E-state index >= 15 is 0 Å². The molecule has 2 saturated carbocycles. The molecule has 0 heterocycles. The summed E-state index contributed by atoms with van der Waals surface area (Å²) in [4.78, 5) is 0. The zero-order valence-corrected chi connectivity index (χ0v) is 12.0. The Bertz CT molecular complexity index is 293. The van der Waals surface area contributed by atoms with Gasteiger partial charge in [0.2, 0.25) is 0 Å². The minimum atomic E-state index is -0.706. The molecule has 0 aromatic rings. The van der Waals surface area contributed by atoms with Crippen molar-refractivity contribution >= 4 is 0 Å². The molecule has 0 aromatic heterocycles. The van der Waals surface area contributed by atoms with Crippen LogP contribution in [-0.4, -0.2) is 27.7 Å². The van der Waals surface area contributed by atoms with Crippen LogP contribution in [0.5, 0.6) is 0 Å². The Morgan fingerprint density at radius 3 is 2.72 bits per heavy atom. The largest absolute Gasteiger partial charge is 0.390 e. The molecule has 0 saturated heterocycles. The Morgan fingerprint density at radius 2 is 2.11 bits per heavy atom. The lowest BCUT2D eigenvalue weighted by atomic mass is 9.64. The minimum absolute atomic E-state index is 0.151. The van der Waals surface area contributed by atoms with Gasteiger partial charge in [0.25, 0.3) is 0 Å². The van der Waals surface area contributed by atoms with Crippen molar-refractivity contribution in [3.63, 3.8) is 0 Å². The summed E-state index contributed by atoms with van der Waals surface area (Å²) >= 11 is 0. The van der Waals surface area contributed by atoms with Crippen LogP contribution >= 0.6 is 0 Å². The van der Waals surface area contributed by atoms with Gasteiger partial charge < -0.3 is 14.9 Å². The summed E-state index contributed by atoms with van der Waals surface area (Å²) in [6.07, 6.45) is 5.99. The third-order valence-electron chi connectivity index (χ3n) is 4.88. The zero-order valence-electron chi connectivity index (χ0n) is 12.0. The highest BCUT2D eigenvalue weighted by Crippen LogP contribution is 2.48. The van der Waals surface area contributed by atoms with Gasteiger partial charge in [-0.25, -0.2) is 0 Å². The van der Waals surface area contributed by atoms with Gasteiger partial charge in [0.15, 0.2) is 6.29 Å². The van der Waals surface area contributed by atoms with Gasteiger partial charge >= 0.3 is 0 Å². The molecule has 2 aliphatic carbocycles. The quantitative estimate of drug-likeness (QED) is 0.760. The summed E-state index contributed by atoms with van der Waals surface area (Å²) < 4.78 is 5.93. The monoisotopic (exact) mass is 256 g/mol. The van der Waals surface area contributed by atoms with Crippen LogP contribution in [0, 0.1) is 11.8 Å². The molecule has 3 nitrogen and oxygen atoms in total. The Balaban J connectivity index is 2.02. The Hall–Kier alpha value is -0.120. The zero-order chi connectivity index (χ0) is 13.4. The molecule has 2 rings (SSSR count). The van der Waals surface area contributed by atoms with E-state index in [1.807, 2.05) is 6.92 Å². The van der Waals surface area contributed by atoms with Gasteiger partial charge in [0, 0.05) is 12.3 Å². The summed E-state index contributed by atoms with van der Waals surface area (Å²) in [5.74, 6) is 0.713.